The molecule has 1 saturated heterocycles. The van der Waals surface area contributed by atoms with Crippen molar-refractivity contribution < 1.29 is 0 Å². The zero-order chi connectivity index (χ0) is 11.8. The third-order valence-corrected chi connectivity index (χ3v) is 3.25. The molecule has 88 valence electrons. The second kappa shape index (κ2) is 3.76. The first-order chi connectivity index (χ1) is 8.27. The van der Waals surface area contributed by atoms with Crippen LogP contribution in [-0.2, 0) is 0 Å². The number of anilines is 1. The molecule has 3 rings (SSSR count). The average Bonchev–Trinajstić information content (AvgIpc) is 2.87. The van der Waals surface area contributed by atoms with Crippen LogP contribution >= 0.6 is 0 Å². The van der Waals surface area contributed by atoms with Gasteiger partial charge >= 0.3 is 0 Å². The van der Waals surface area contributed by atoms with Gasteiger partial charge in [0.15, 0.2) is 0 Å². The Morgan fingerprint density at radius 1 is 1.00 bits per heavy atom. The molecule has 1 aliphatic rings. The van der Waals surface area contributed by atoms with Gasteiger partial charge in [0.2, 0.25) is 0 Å². The van der Waals surface area contributed by atoms with Crippen LogP contribution in [0.25, 0.3) is 10.8 Å². The average molecular weight is 231 g/mol. The van der Waals surface area contributed by atoms with Gasteiger partial charge in [0.1, 0.15) is 0 Å². The molecular weight excluding hydrogens is 218 g/mol. The van der Waals surface area contributed by atoms with Crippen molar-refractivity contribution in [2.24, 2.45) is 0 Å². The summed E-state index contributed by atoms with van der Waals surface area (Å²) in [6, 6.07) is 5.41. The predicted molar refractivity (Wildman–Crippen MR) is 66.6 cm³/mol. The Morgan fingerprint density at radius 3 is 2.47 bits per heavy atom. The first kappa shape index (κ1) is 10.1. The Labute approximate surface area is 97.1 Å². The number of aromatic nitrogens is 2. The Hall–Kier alpha value is -2.04. The maximum Gasteiger partial charge on any atom is 0.272 e. The van der Waals surface area contributed by atoms with Crippen molar-refractivity contribution in [3.05, 3.63) is 38.9 Å². The number of H-pyrrole nitrogens is 2. The number of nitrogens with zero attached hydrogens (tertiary/aromatic N) is 1. The zero-order valence-corrected chi connectivity index (χ0v) is 9.32. The minimum atomic E-state index is -0.249. The first-order valence-corrected chi connectivity index (χ1v) is 5.76. The second-order valence-corrected chi connectivity index (χ2v) is 4.30. The lowest BCUT2D eigenvalue weighted by atomic mass is 10.1. The van der Waals surface area contributed by atoms with E-state index >= 15 is 0 Å². The molecule has 0 spiro atoms. The molecule has 1 aliphatic heterocycles. The molecule has 1 fully saturated rings. The van der Waals surface area contributed by atoms with Gasteiger partial charge in [0.05, 0.1) is 16.5 Å². The molecule has 1 aromatic heterocycles. The largest absolute Gasteiger partial charge is 0.371 e. The fourth-order valence-electron chi connectivity index (χ4n) is 2.43. The summed E-state index contributed by atoms with van der Waals surface area (Å²) in [4.78, 5) is 25.7. The van der Waals surface area contributed by atoms with Crippen molar-refractivity contribution in [2.45, 2.75) is 12.8 Å². The Morgan fingerprint density at radius 2 is 1.71 bits per heavy atom. The second-order valence-electron chi connectivity index (χ2n) is 4.30. The van der Waals surface area contributed by atoms with E-state index < -0.39 is 0 Å². The van der Waals surface area contributed by atoms with Crippen LogP contribution in [0.3, 0.4) is 0 Å². The molecular formula is C12H13N3O2. The highest BCUT2D eigenvalue weighted by molar-refractivity contribution is 5.92. The molecule has 2 N–H and O–H groups in total. The number of fused-ring (bicyclic) bond motifs is 1. The Bertz CT molecular complexity index is 665. The smallest absolute Gasteiger partial charge is 0.272 e. The third-order valence-electron chi connectivity index (χ3n) is 3.25. The van der Waals surface area contributed by atoms with Crippen molar-refractivity contribution in [1.82, 2.24) is 10.2 Å². The standard InChI is InChI=1S/C12H13N3O2/c16-11-8-4-3-5-9(15-6-1-2-7-15)10(8)12(17)14-13-11/h3-5H,1-2,6-7H2,(H,13,16)(H,14,17). The normalized spacial score (nSPS) is 15.6. The lowest BCUT2D eigenvalue weighted by Crippen LogP contribution is -2.24. The highest BCUT2D eigenvalue weighted by Gasteiger charge is 2.17. The van der Waals surface area contributed by atoms with Gasteiger partial charge in [-0.3, -0.25) is 19.8 Å². The van der Waals surface area contributed by atoms with E-state index in [1.807, 2.05) is 12.1 Å². The van der Waals surface area contributed by atoms with E-state index in [4.69, 9.17) is 0 Å². The molecule has 0 radical (unpaired) electrons. The van der Waals surface area contributed by atoms with Crippen LogP contribution < -0.4 is 16.0 Å². The molecule has 0 amide bonds. The molecule has 1 aromatic carbocycles. The van der Waals surface area contributed by atoms with Gasteiger partial charge in [0, 0.05) is 13.1 Å². The van der Waals surface area contributed by atoms with Gasteiger partial charge in [0.25, 0.3) is 11.1 Å². The molecule has 0 saturated carbocycles. The lowest BCUT2D eigenvalue weighted by Gasteiger charge is -2.18. The highest BCUT2D eigenvalue weighted by Crippen LogP contribution is 2.25. The highest BCUT2D eigenvalue weighted by atomic mass is 16.1. The molecule has 17 heavy (non-hydrogen) atoms. The van der Waals surface area contributed by atoms with Crippen LogP contribution in [-0.4, -0.2) is 23.3 Å². The van der Waals surface area contributed by atoms with Gasteiger partial charge in [-0.2, -0.15) is 0 Å². The van der Waals surface area contributed by atoms with Crippen LogP contribution in [0.15, 0.2) is 27.8 Å². The van der Waals surface area contributed by atoms with E-state index in [1.165, 1.54) is 0 Å². The maximum atomic E-state index is 11.9. The Kier molecular flexibility index (Phi) is 2.24. The molecule has 0 unspecified atom stereocenters. The van der Waals surface area contributed by atoms with Gasteiger partial charge in [-0.1, -0.05) is 6.07 Å². The van der Waals surface area contributed by atoms with E-state index in [-0.39, 0.29) is 11.1 Å². The number of hydrogen-bond acceptors (Lipinski definition) is 3. The fourth-order valence-corrected chi connectivity index (χ4v) is 2.43. The third kappa shape index (κ3) is 1.54. The van der Waals surface area contributed by atoms with Crippen LogP contribution in [0, 0.1) is 0 Å². The van der Waals surface area contributed by atoms with Crippen molar-refractivity contribution in [2.75, 3.05) is 18.0 Å². The van der Waals surface area contributed by atoms with E-state index in [2.05, 4.69) is 15.1 Å². The number of aromatic amines is 2. The van der Waals surface area contributed by atoms with E-state index in [0.29, 0.717) is 10.8 Å². The van der Waals surface area contributed by atoms with Crippen LogP contribution in [0.5, 0.6) is 0 Å². The van der Waals surface area contributed by atoms with Crippen molar-refractivity contribution in [1.29, 1.82) is 0 Å². The Balaban J connectivity index is 2.35. The minimum absolute atomic E-state index is 0.234. The number of rotatable bonds is 1. The monoisotopic (exact) mass is 231 g/mol. The summed E-state index contributed by atoms with van der Waals surface area (Å²) in [5, 5.41) is 5.69. The van der Waals surface area contributed by atoms with Gasteiger partial charge < -0.3 is 4.90 Å². The predicted octanol–water partition coefficient (Wildman–Crippen LogP) is 0.817. The van der Waals surface area contributed by atoms with E-state index in [0.717, 1.165) is 31.6 Å². The van der Waals surface area contributed by atoms with Crippen molar-refractivity contribution in [3.8, 4) is 0 Å². The van der Waals surface area contributed by atoms with Crippen molar-refractivity contribution in [3.63, 3.8) is 0 Å². The number of benzene rings is 1. The van der Waals surface area contributed by atoms with Crippen LogP contribution in [0.4, 0.5) is 5.69 Å². The zero-order valence-electron chi connectivity index (χ0n) is 9.32. The summed E-state index contributed by atoms with van der Waals surface area (Å²) < 4.78 is 0. The molecule has 0 atom stereocenters. The number of nitrogens with one attached hydrogen (secondary N) is 2. The maximum absolute atomic E-state index is 11.9. The summed E-state index contributed by atoms with van der Waals surface area (Å²) in [7, 11) is 0. The topological polar surface area (TPSA) is 69.0 Å². The SMILES string of the molecule is O=c1[nH][nH]c(=O)c2c(N3CCCC3)cccc12. The fraction of sp³-hybridized carbons (Fsp3) is 0.333. The first-order valence-electron chi connectivity index (χ1n) is 5.76. The molecule has 2 aromatic rings. The molecule has 5 nitrogen and oxygen atoms in total. The van der Waals surface area contributed by atoms with Gasteiger partial charge in [-0.15, -0.1) is 0 Å². The van der Waals surface area contributed by atoms with E-state index in [9.17, 15) is 9.59 Å². The quantitative estimate of drug-likeness (QED) is 0.763. The molecule has 5 heteroatoms. The van der Waals surface area contributed by atoms with Crippen molar-refractivity contribution >= 4 is 16.5 Å². The van der Waals surface area contributed by atoms with Gasteiger partial charge in [-0.05, 0) is 25.0 Å². The van der Waals surface area contributed by atoms with Crippen LogP contribution in [0.2, 0.25) is 0 Å². The summed E-state index contributed by atoms with van der Waals surface area (Å²) >= 11 is 0. The molecule has 0 aliphatic carbocycles. The van der Waals surface area contributed by atoms with E-state index in [1.54, 1.807) is 6.07 Å². The minimum Gasteiger partial charge on any atom is -0.371 e. The summed E-state index contributed by atoms with van der Waals surface area (Å²) in [5.41, 5.74) is 0.384. The summed E-state index contributed by atoms with van der Waals surface area (Å²) in [6.07, 6.45) is 2.27. The summed E-state index contributed by atoms with van der Waals surface area (Å²) in [6.45, 7) is 1.90. The number of hydrogen-bond donors (Lipinski definition) is 2. The van der Waals surface area contributed by atoms with Gasteiger partial charge in [-0.25, -0.2) is 0 Å². The lowest BCUT2D eigenvalue weighted by molar-refractivity contribution is 0.949. The molecule has 0 bridgehead atoms. The molecule has 2 heterocycles. The van der Waals surface area contributed by atoms with Crippen LogP contribution in [0.1, 0.15) is 12.8 Å². The summed E-state index contributed by atoms with van der Waals surface area (Å²) in [5.74, 6) is 0.